The first-order valence-electron chi connectivity index (χ1n) is 9.04. The molecule has 0 fully saturated rings. The molecule has 0 saturated carbocycles. The number of hydrogen-bond donors (Lipinski definition) is 1. The Labute approximate surface area is 165 Å². The van der Waals surface area contributed by atoms with Gasteiger partial charge in [0.05, 0.1) is 5.56 Å². The van der Waals surface area contributed by atoms with Crippen LogP contribution in [0, 0.1) is 11.6 Å². The van der Waals surface area contributed by atoms with E-state index in [2.05, 4.69) is 16.9 Å². The molecular formula is C22H17F2N3O2. The van der Waals surface area contributed by atoms with Crippen molar-refractivity contribution < 1.29 is 18.4 Å². The molecule has 1 aromatic heterocycles. The van der Waals surface area contributed by atoms with E-state index in [0.717, 1.165) is 17.2 Å². The highest BCUT2D eigenvalue weighted by Crippen LogP contribution is 2.24. The topological polar surface area (TPSA) is 62.3 Å². The van der Waals surface area contributed by atoms with Gasteiger partial charge in [0.1, 0.15) is 5.52 Å². The van der Waals surface area contributed by atoms with Gasteiger partial charge in [-0.25, -0.2) is 8.78 Å². The number of rotatable bonds is 3. The van der Waals surface area contributed by atoms with Gasteiger partial charge in [0.2, 0.25) is 5.91 Å². The zero-order chi connectivity index (χ0) is 20.5. The number of carbonyl (C=O) groups is 2. The van der Waals surface area contributed by atoms with Crippen molar-refractivity contribution in [3.8, 4) is 0 Å². The second-order valence-corrected chi connectivity index (χ2v) is 6.81. The van der Waals surface area contributed by atoms with Gasteiger partial charge in [0.25, 0.3) is 5.91 Å². The van der Waals surface area contributed by atoms with E-state index < -0.39 is 17.5 Å². The zero-order valence-electron chi connectivity index (χ0n) is 15.4. The number of amides is 2. The predicted molar refractivity (Wildman–Crippen MR) is 105 cm³/mol. The van der Waals surface area contributed by atoms with Crippen LogP contribution in [-0.2, 0) is 17.8 Å². The number of nitrogens with one attached hydrogen (secondary N) is 1. The fraction of sp³-hybridized carbons (Fsp3) is 0.136. The lowest BCUT2D eigenvalue weighted by Gasteiger charge is -2.28. The average Bonchev–Trinajstić information content (AvgIpc) is 2.75. The molecule has 0 spiro atoms. The standard InChI is InChI=1S/C22H17F2N3O2/c1-2-19(28)27-8-7-13-10-17(5-3-15(13)12-27)26-22(29)16-9-14-4-6-18(23)20(24)21(14)25-11-16/h2-6,9-11H,1,7-8,12H2,(H,26,29). The van der Waals surface area contributed by atoms with Gasteiger partial charge in [-0.05, 0) is 54.0 Å². The third kappa shape index (κ3) is 3.59. The Balaban J connectivity index is 1.53. The smallest absolute Gasteiger partial charge is 0.257 e. The summed E-state index contributed by atoms with van der Waals surface area (Å²) in [6.45, 7) is 4.61. The molecule has 0 bridgehead atoms. The molecule has 0 unspecified atom stereocenters. The van der Waals surface area contributed by atoms with Crippen LogP contribution in [-0.4, -0.2) is 28.2 Å². The summed E-state index contributed by atoms with van der Waals surface area (Å²) < 4.78 is 27.1. The van der Waals surface area contributed by atoms with Gasteiger partial charge in [0.15, 0.2) is 11.6 Å². The van der Waals surface area contributed by atoms with Crippen molar-refractivity contribution in [3.63, 3.8) is 0 Å². The third-order valence-electron chi connectivity index (χ3n) is 4.97. The molecule has 2 heterocycles. The van der Waals surface area contributed by atoms with Gasteiger partial charge >= 0.3 is 0 Å². The Bertz CT molecular complexity index is 1160. The lowest BCUT2D eigenvalue weighted by Crippen LogP contribution is -2.34. The van der Waals surface area contributed by atoms with Crippen LogP contribution in [0.3, 0.4) is 0 Å². The van der Waals surface area contributed by atoms with E-state index in [1.807, 2.05) is 12.1 Å². The van der Waals surface area contributed by atoms with E-state index in [1.54, 1.807) is 11.0 Å². The zero-order valence-corrected chi connectivity index (χ0v) is 15.4. The van der Waals surface area contributed by atoms with Gasteiger partial charge in [-0.3, -0.25) is 14.6 Å². The molecule has 1 aliphatic heterocycles. The second-order valence-electron chi connectivity index (χ2n) is 6.81. The van der Waals surface area contributed by atoms with Gasteiger partial charge in [0, 0.05) is 30.4 Å². The molecule has 0 aliphatic carbocycles. The van der Waals surface area contributed by atoms with Crippen molar-refractivity contribution in [1.29, 1.82) is 0 Å². The van der Waals surface area contributed by atoms with Crippen LogP contribution >= 0.6 is 0 Å². The van der Waals surface area contributed by atoms with Crippen LogP contribution in [0.2, 0.25) is 0 Å². The Morgan fingerprint density at radius 3 is 2.76 bits per heavy atom. The number of aromatic nitrogens is 1. The van der Waals surface area contributed by atoms with Crippen molar-refractivity contribution in [3.05, 3.63) is 83.6 Å². The maximum atomic E-state index is 13.8. The molecule has 29 heavy (non-hydrogen) atoms. The van der Waals surface area contributed by atoms with E-state index in [0.29, 0.717) is 30.6 Å². The van der Waals surface area contributed by atoms with Gasteiger partial charge < -0.3 is 10.2 Å². The highest BCUT2D eigenvalue weighted by molar-refractivity contribution is 6.05. The minimum absolute atomic E-state index is 0.104. The third-order valence-corrected chi connectivity index (χ3v) is 4.97. The molecular weight excluding hydrogens is 376 g/mol. The highest BCUT2D eigenvalue weighted by Gasteiger charge is 2.19. The second kappa shape index (κ2) is 7.43. The van der Waals surface area contributed by atoms with Crippen molar-refractivity contribution in [1.82, 2.24) is 9.88 Å². The Morgan fingerprint density at radius 2 is 1.97 bits per heavy atom. The van der Waals surface area contributed by atoms with Gasteiger partial charge in [-0.1, -0.05) is 12.6 Å². The quantitative estimate of drug-likeness (QED) is 0.688. The van der Waals surface area contributed by atoms with E-state index in [9.17, 15) is 18.4 Å². The summed E-state index contributed by atoms with van der Waals surface area (Å²) in [6, 6.07) is 9.38. The maximum absolute atomic E-state index is 13.8. The van der Waals surface area contributed by atoms with E-state index in [4.69, 9.17) is 0 Å². The Morgan fingerprint density at radius 1 is 1.14 bits per heavy atom. The maximum Gasteiger partial charge on any atom is 0.257 e. The predicted octanol–water partition coefficient (Wildman–Crippen LogP) is 3.84. The first-order chi connectivity index (χ1) is 14.0. The fourth-order valence-electron chi connectivity index (χ4n) is 3.42. The molecule has 2 amide bonds. The summed E-state index contributed by atoms with van der Waals surface area (Å²) in [5.74, 6) is -2.52. The lowest BCUT2D eigenvalue weighted by molar-refractivity contribution is -0.126. The Hall–Kier alpha value is -3.61. The van der Waals surface area contributed by atoms with E-state index >= 15 is 0 Å². The van der Waals surface area contributed by atoms with Crippen LogP contribution in [0.1, 0.15) is 21.5 Å². The number of nitrogens with zero attached hydrogens (tertiary/aromatic N) is 2. The molecule has 5 nitrogen and oxygen atoms in total. The molecule has 2 aromatic carbocycles. The summed E-state index contributed by atoms with van der Waals surface area (Å²) in [4.78, 5) is 30.0. The number of fused-ring (bicyclic) bond motifs is 2. The van der Waals surface area contributed by atoms with Gasteiger partial charge in [-0.15, -0.1) is 0 Å². The molecule has 1 aliphatic rings. The largest absolute Gasteiger partial charge is 0.335 e. The molecule has 0 radical (unpaired) electrons. The molecule has 1 N–H and O–H groups in total. The van der Waals surface area contributed by atoms with Crippen LogP contribution in [0.4, 0.5) is 14.5 Å². The lowest BCUT2D eigenvalue weighted by atomic mass is 9.99. The van der Waals surface area contributed by atoms with Crippen LogP contribution in [0.15, 0.2) is 55.3 Å². The number of benzene rings is 2. The normalized spacial score (nSPS) is 13.1. The summed E-state index contributed by atoms with van der Waals surface area (Å²) in [6.07, 6.45) is 3.20. The fourth-order valence-corrected chi connectivity index (χ4v) is 3.42. The summed E-state index contributed by atoms with van der Waals surface area (Å²) >= 11 is 0. The van der Waals surface area contributed by atoms with Crippen molar-refractivity contribution in [2.45, 2.75) is 13.0 Å². The monoisotopic (exact) mass is 393 g/mol. The minimum Gasteiger partial charge on any atom is -0.335 e. The number of carbonyl (C=O) groups excluding carboxylic acids is 2. The van der Waals surface area contributed by atoms with Crippen LogP contribution in [0.25, 0.3) is 10.9 Å². The average molecular weight is 393 g/mol. The summed E-state index contributed by atoms with van der Waals surface area (Å²) in [5.41, 5.74) is 2.82. The van der Waals surface area contributed by atoms with E-state index in [-0.39, 0.29) is 17.0 Å². The van der Waals surface area contributed by atoms with Crippen molar-refractivity contribution >= 4 is 28.4 Å². The molecule has 0 saturated heterocycles. The molecule has 4 rings (SSSR count). The molecule has 7 heteroatoms. The number of halogens is 2. The van der Waals surface area contributed by atoms with Gasteiger partial charge in [-0.2, -0.15) is 0 Å². The number of hydrogen-bond acceptors (Lipinski definition) is 3. The highest BCUT2D eigenvalue weighted by atomic mass is 19.2. The summed E-state index contributed by atoms with van der Waals surface area (Å²) in [7, 11) is 0. The molecule has 146 valence electrons. The first kappa shape index (κ1) is 18.7. The van der Waals surface area contributed by atoms with Crippen molar-refractivity contribution in [2.24, 2.45) is 0 Å². The number of anilines is 1. The minimum atomic E-state index is -1.03. The summed E-state index contributed by atoms with van der Waals surface area (Å²) in [5, 5.41) is 3.14. The van der Waals surface area contributed by atoms with Crippen LogP contribution < -0.4 is 5.32 Å². The van der Waals surface area contributed by atoms with Crippen LogP contribution in [0.5, 0.6) is 0 Å². The van der Waals surface area contributed by atoms with E-state index in [1.165, 1.54) is 24.4 Å². The Kier molecular flexibility index (Phi) is 4.80. The van der Waals surface area contributed by atoms with Crippen molar-refractivity contribution in [2.75, 3.05) is 11.9 Å². The first-order valence-corrected chi connectivity index (χ1v) is 9.04. The number of pyridine rings is 1. The SMILES string of the molecule is C=CC(=O)N1CCc2cc(NC(=O)c3cnc4c(F)c(F)ccc4c3)ccc2C1. The molecule has 3 aromatic rings. The molecule has 0 atom stereocenters.